The van der Waals surface area contributed by atoms with Crippen molar-refractivity contribution in [3.8, 4) is 10.6 Å². The van der Waals surface area contributed by atoms with Gasteiger partial charge >= 0.3 is 0 Å². The minimum absolute atomic E-state index is 0. The van der Waals surface area contributed by atoms with E-state index in [1.807, 2.05) is 0 Å². The Morgan fingerprint density at radius 3 is 2.81 bits per heavy atom. The van der Waals surface area contributed by atoms with E-state index in [-0.39, 0.29) is 24.8 Å². The fourth-order valence-electron chi connectivity index (χ4n) is 2.46. The number of thiazole rings is 1. The van der Waals surface area contributed by atoms with E-state index in [1.54, 1.807) is 11.3 Å². The van der Waals surface area contributed by atoms with E-state index in [1.165, 1.54) is 40.2 Å². The number of halogens is 2. The predicted octanol–water partition coefficient (Wildman–Crippen LogP) is 4.17. The molecule has 116 valence electrons. The molecule has 0 radical (unpaired) electrons. The molecule has 3 nitrogen and oxygen atoms in total. The molecule has 1 aliphatic rings. The Bertz CT molecular complexity index is 575. The lowest BCUT2D eigenvalue weighted by Gasteiger charge is -2.04. The first kappa shape index (κ1) is 18.2. The molecule has 0 unspecified atom stereocenters. The van der Waals surface area contributed by atoms with Gasteiger partial charge in [-0.25, -0.2) is 4.98 Å². The monoisotopic (exact) mass is 345 g/mol. The lowest BCUT2D eigenvalue weighted by molar-refractivity contribution is 0.775. The summed E-state index contributed by atoms with van der Waals surface area (Å²) in [4.78, 5) is 4.80. The van der Waals surface area contributed by atoms with Gasteiger partial charge in [-0.05, 0) is 43.4 Å². The van der Waals surface area contributed by atoms with Crippen molar-refractivity contribution in [3.05, 3.63) is 35.0 Å². The summed E-state index contributed by atoms with van der Waals surface area (Å²) in [5, 5.41) is 5.86. The molecule has 2 heterocycles. The molecule has 3 rings (SSSR count). The van der Waals surface area contributed by atoms with Gasteiger partial charge in [0.25, 0.3) is 0 Å². The Morgan fingerprint density at radius 1 is 1.29 bits per heavy atom. The summed E-state index contributed by atoms with van der Waals surface area (Å²) in [6.07, 6.45) is 3.57. The molecular formula is C15H21Cl2N3S. The largest absolute Gasteiger partial charge is 0.375 e. The van der Waals surface area contributed by atoms with Crippen LogP contribution in [0.5, 0.6) is 0 Å². The quantitative estimate of drug-likeness (QED) is 0.858. The highest BCUT2D eigenvalue weighted by atomic mass is 35.5. The predicted molar refractivity (Wildman–Crippen MR) is 96.1 cm³/mol. The molecule has 0 amide bonds. The highest BCUT2D eigenvalue weighted by Gasteiger charge is 2.14. The number of benzene rings is 1. The van der Waals surface area contributed by atoms with Gasteiger partial charge in [-0.15, -0.1) is 24.8 Å². The van der Waals surface area contributed by atoms with Gasteiger partial charge in [-0.3, -0.25) is 0 Å². The van der Waals surface area contributed by atoms with Crippen LogP contribution in [0.1, 0.15) is 29.7 Å². The van der Waals surface area contributed by atoms with E-state index >= 15 is 0 Å². The highest BCUT2D eigenvalue weighted by Crippen LogP contribution is 2.34. The Morgan fingerprint density at radius 2 is 2.10 bits per heavy atom. The number of anilines is 1. The van der Waals surface area contributed by atoms with E-state index in [0.717, 1.165) is 18.0 Å². The number of rotatable bonds is 2. The van der Waals surface area contributed by atoms with Crippen molar-refractivity contribution < 1.29 is 0 Å². The van der Waals surface area contributed by atoms with Crippen molar-refractivity contribution in [1.29, 1.82) is 0 Å². The Hall–Kier alpha value is -0.810. The van der Waals surface area contributed by atoms with Gasteiger partial charge in [0, 0.05) is 18.7 Å². The second-order valence-corrected chi connectivity index (χ2v) is 6.02. The zero-order valence-electron chi connectivity index (χ0n) is 12.0. The van der Waals surface area contributed by atoms with Crippen LogP contribution in [0.15, 0.2) is 18.2 Å². The van der Waals surface area contributed by atoms with Crippen LogP contribution in [0.4, 0.5) is 5.00 Å². The van der Waals surface area contributed by atoms with Crippen LogP contribution in [-0.2, 0) is 13.0 Å². The lowest BCUT2D eigenvalue weighted by atomic mass is 10.1. The van der Waals surface area contributed by atoms with Crippen LogP contribution in [0, 0.1) is 6.92 Å². The molecule has 0 fully saturated rings. The zero-order valence-corrected chi connectivity index (χ0v) is 14.5. The fourth-order valence-corrected chi connectivity index (χ4v) is 3.49. The average Bonchev–Trinajstić information content (AvgIpc) is 2.70. The van der Waals surface area contributed by atoms with Crippen molar-refractivity contribution >= 4 is 41.2 Å². The van der Waals surface area contributed by atoms with Crippen LogP contribution >= 0.6 is 36.2 Å². The van der Waals surface area contributed by atoms with E-state index in [4.69, 9.17) is 10.7 Å². The molecule has 1 aromatic carbocycles. The van der Waals surface area contributed by atoms with Crippen molar-refractivity contribution in [3.63, 3.8) is 0 Å². The molecule has 1 aromatic heterocycles. The molecule has 1 aliphatic heterocycles. The van der Waals surface area contributed by atoms with Gasteiger partial charge in [-0.1, -0.05) is 23.5 Å². The summed E-state index contributed by atoms with van der Waals surface area (Å²) >= 11 is 1.77. The molecule has 0 aliphatic carbocycles. The minimum Gasteiger partial charge on any atom is -0.375 e. The summed E-state index contributed by atoms with van der Waals surface area (Å²) in [6, 6.07) is 6.44. The van der Waals surface area contributed by atoms with Crippen molar-refractivity contribution in [2.24, 2.45) is 5.73 Å². The standard InChI is InChI=1S/C15H19N3S.2ClH/c1-10-8-11(5-6-12(10)9-16)14-18-13-4-2-3-7-17-15(13)19-14;;/h5-6,8,17H,2-4,7,9,16H2,1H3;2*1H. The number of hydrogen-bond donors (Lipinski definition) is 2. The number of fused-ring (bicyclic) bond motifs is 1. The molecule has 0 saturated heterocycles. The third-order valence-corrected chi connectivity index (χ3v) is 4.74. The average molecular weight is 346 g/mol. The smallest absolute Gasteiger partial charge is 0.125 e. The van der Waals surface area contributed by atoms with E-state index in [0.29, 0.717) is 6.54 Å². The molecule has 6 heteroatoms. The fraction of sp³-hybridized carbons (Fsp3) is 0.400. The maximum atomic E-state index is 5.71. The summed E-state index contributed by atoms with van der Waals surface area (Å²) < 4.78 is 0. The normalized spacial score (nSPS) is 13.2. The Kier molecular flexibility index (Phi) is 6.94. The van der Waals surface area contributed by atoms with Gasteiger partial charge in [0.05, 0.1) is 5.69 Å². The first-order valence-electron chi connectivity index (χ1n) is 6.81. The molecule has 21 heavy (non-hydrogen) atoms. The minimum atomic E-state index is 0. The van der Waals surface area contributed by atoms with Crippen molar-refractivity contribution in [1.82, 2.24) is 4.98 Å². The Labute approximate surface area is 142 Å². The first-order chi connectivity index (χ1) is 9.28. The first-order valence-corrected chi connectivity index (χ1v) is 7.63. The van der Waals surface area contributed by atoms with Gasteiger partial charge in [0.1, 0.15) is 10.0 Å². The number of nitrogens with zero attached hydrogens (tertiary/aromatic N) is 1. The zero-order chi connectivity index (χ0) is 13.2. The maximum Gasteiger partial charge on any atom is 0.125 e. The summed E-state index contributed by atoms with van der Waals surface area (Å²) in [5.74, 6) is 0. The van der Waals surface area contributed by atoms with Gasteiger partial charge in [0.15, 0.2) is 0 Å². The molecule has 0 bridgehead atoms. The number of aryl methyl sites for hydroxylation is 2. The van der Waals surface area contributed by atoms with Crippen LogP contribution in [-0.4, -0.2) is 11.5 Å². The summed E-state index contributed by atoms with van der Waals surface area (Å²) in [7, 11) is 0. The molecular weight excluding hydrogens is 325 g/mol. The van der Waals surface area contributed by atoms with Crippen LogP contribution in [0.3, 0.4) is 0 Å². The van der Waals surface area contributed by atoms with Crippen LogP contribution < -0.4 is 11.1 Å². The number of aromatic nitrogens is 1. The van der Waals surface area contributed by atoms with Crippen LogP contribution in [0.2, 0.25) is 0 Å². The molecule has 2 aromatic rings. The van der Waals surface area contributed by atoms with E-state index in [2.05, 4.69) is 30.4 Å². The maximum absolute atomic E-state index is 5.71. The van der Waals surface area contributed by atoms with Crippen molar-refractivity contribution in [2.75, 3.05) is 11.9 Å². The topological polar surface area (TPSA) is 50.9 Å². The number of hydrogen-bond acceptors (Lipinski definition) is 4. The second-order valence-electron chi connectivity index (χ2n) is 5.02. The summed E-state index contributed by atoms with van der Waals surface area (Å²) in [6.45, 7) is 3.78. The second kappa shape index (κ2) is 7.99. The SMILES string of the molecule is Cc1cc(-c2nc3c(s2)NCCCC3)ccc1CN.Cl.Cl. The molecule has 0 atom stereocenters. The molecule has 0 saturated carbocycles. The summed E-state index contributed by atoms with van der Waals surface area (Å²) in [5.41, 5.74) is 10.6. The number of nitrogens with two attached hydrogens (primary N) is 1. The lowest BCUT2D eigenvalue weighted by Crippen LogP contribution is -1.98. The van der Waals surface area contributed by atoms with E-state index < -0.39 is 0 Å². The third-order valence-electron chi connectivity index (χ3n) is 3.63. The van der Waals surface area contributed by atoms with Gasteiger partial charge in [-0.2, -0.15) is 0 Å². The molecule has 3 N–H and O–H groups in total. The highest BCUT2D eigenvalue weighted by molar-refractivity contribution is 7.19. The third kappa shape index (κ3) is 3.89. The van der Waals surface area contributed by atoms with Gasteiger partial charge in [0.2, 0.25) is 0 Å². The Balaban J connectivity index is 0.00000110. The van der Waals surface area contributed by atoms with Gasteiger partial charge < -0.3 is 11.1 Å². The molecule has 0 spiro atoms. The van der Waals surface area contributed by atoms with E-state index in [9.17, 15) is 0 Å². The van der Waals surface area contributed by atoms with Crippen molar-refractivity contribution in [2.45, 2.75) is 32.7 Å². The van der Waals surface area contributed by atoms with Crippen LogP contribution in [0.25, 0.3) is 10.6 Å². The number of nitrogens with one attached hydrogen (secondary N) is 1.